The summed E-state index contributed by atoms with van der Waals surface area (Å²) in [7, 11) is 0. The van der Waals surface area contributed by atoms with E-state index < -0.39 is 0 Å². The Kier molecular flexibility index (Phi) is 6.26. The molecule has 0 saturated carbocycles. The molecular formula is C9H19NO2V. The second kappa shape index (κ2) is 6.04. The first-order chi connectivity index (χ1) is 5.64. The Morgan fingerprint density at radius 3 is 2.69 bits per heavy atom. The molecule has 0 spiro atoms. The minimum Gasteiger partial charge on any atom is -0.396 e. The standard InChI is InChI=1S/C9H19NO2.V/c1-9(2)8-10(4-3-6-11)5-7-12-9;/h11H,3-8H2,1-2H3;. The Hall–Kier alpha value is 0.464. The van der Waals surface area contributed by atoms with Gasteiger partial charge in [-0.3, -0.25) is 4.90 Å². The average Bonchev–Trinajstić information content (AvgIpc) is 1.99. The van der Waals surface area contributed by atoms with Crippen LogP contribution in [0.25, 0.3) is 0 Å². The van der Waals surface area contributed by atoms with Crippen LogP contribution >= 0.6 is 0 Å². The number of rotatable bonds is 3. The number of aliphatic hydroxyl groups excluding tert-OH is 1. The Bertz CT molecular complexity index is 142. The van der Waals surface area contributed by atoms with Gasteiger partial charge in [0.1, 0.15) is 0 Å². The van der Waals surface area contributed by atoms with Crippen molar-refractivity contribution < 1.29 is 28.4 Å². The summed E-state index contributed by atoms with van der Waals surface area (Å²) in [6, 6.07) is 0. The molecule has 77 valence electrons. The van der Waals surface area contributed by atoms with Gasteiger partial charge in [-0.2, -0.15) is 0 Å². The predicted molar refractivity (Wildman–Crippen MR) is 48.2 cm³/mol. The topological polar surface area (TPSA) is 32.7 Å². The van der Waals surface area contributed by atoms with E-state index in [9.17, 15) is 0 Å². The van der Waals surface area contributed by atoms with E-state index in [1.165, 1.54) is 0 Å². The summed E-state index contributed by atoms with van der Waals surface area (Å²) in [4.78, 5) is 2.35. The Labute approximate surface area is 92.3 Å². The molecule has 0 aromatic rings. The molecule has 0 atom stereocenters. The van der Waals surface area contributed by atoms with E-state index in [1.807, 2.05) is 0 Å². The monoisotopic (exact) mass is 224 g/mol. The van der Waals surface area contributed by atoms with Crippen molar-refractivity contribution in [2.24, 2.45) is 0 Å². The van der Waals surface area contributed by atoms with Crippen LogP contribution in [0, 0.1) is 0 Å². The number of nitrogens with zero attached hydrogens (tertiary/aromatic N) is 1. The third kappa shape index (κ3) is 5.04. The largest absolute Gasteiger partial charge is 0.396 e. The van der Waals surface area contributed by atoms with Crippen molar-refractivity contribution in [1.29, 1.82) is 0 Å². The van der Waals surface area contributed by atoms with E-state index in [0.717, 1.165) is 32.7 Å². The molecule has 1 heterocycles. The number of hydrogen-bond donors (Lipinski definition) is 1. The van der Waals surface area contributed by atoms with E-state index in [4.69, 9.17) is 9.84 Å². The van der Waals surface area contributed by atoms with Crippen molar-refractivity contribution in [3.8, 4) is 0 Å². The average molecular weight is 224 g/mol. The zero-order chi connectivity index (χ0) is 9.03. The molecule has 1 fully saturated rings. The van der Waals surface area contributed by atoms with E-state index in [-0.39, 0.29) is 30.8 Å². The summed E-state index contributed by atoms with van der Waals surface area (Å²) in [6.45, 7) is 8.30. The van der Waals surface area contributed by atoms with E-state index in [1.54, 1.807) is 0 Å². The Morgan fingerprint density at radius 2 is 2.15 bits per heavy atom. The molecule has 13 heavy (non-hydrogen) atoms. The van der Waals surface area contributed by atoms with Gasteiger partial charge in [-0.05, 0) is 20.3 Å². The Morgan fingerprint density at radius 1 is 1.46 bits per heavy atom. The van der Waals surface area contributed by atoms with Gasteiger partial charge in [-0.15, -0.1) is 0 Å². The van der Waals surface area contributed by atoms with Gasteiger partial charge in [0.2, 0.25) is 0 Å². The van der Waals surface area contributed by atoms with Crippen LogP contribution in [0.5, 0.6) is 0 Å². The fourth-order valence-corrected chi connectivity index (χ4v) is 1.60. The Balaban J connectivity index is 0.00000144. The zero-order valence-electron chi connectivity index (χ0n) is 8.49. The second-order valence-corrected chi connectivity index (χ2v) is 3.96. The van der Waals surface area contributed by atoms with Crippen LogP contribution in [0.4, 0.5) is 0 Å². The molecule has 1 aliphatic heterocycles. The molecule has 0 aromatic carbocycles. The zero-order valence-corrected chi connectivity index (χ0v) is 9.89. The van der Waals surface area contributed by atoms with Crippen molar-refractivity contribution >= 4 is 0 Å². The van der Waals surface area contributed by atoms with Crippen molar-refractivity contribution in [3.05, 3.63) is 0 Å². The smallest absolute Gasteiger partial charge is 0.0753 e. The molecule has 3 nitrogen and oxygen atoms in total. The van der Waals surface area contributed by atoms with Gasteiger partial charge in [0.05, 0.1) is 12.2 Å². The molecule has 0 unspecified atom stereocenters. The molecule has 1 rings (SSSR count). The van der Waals surface area contributed by atoms with Crippen LogP contribution in [0.15, 0.2) is 0 Å². The molecule has 0 aliphatic carbocycles. The van der Waals surface area contributed by atoms with Gasteiger partial charge in [-0.1, -0.05) is 0 Å². The normalized spacial score (nSPS) is 22.4. The SMILES string of the molecule is CC1(C)CN(CCCO)CCO1.[V]. The molecular weight excluding hydrogens is 205 g/mol. The minimum absolute atomic E-state index is 0. The first-order valence-electron chi connectivity index (χ1n) is 4.61. The van der Waals surface area contributed by atoms with E-state index >= 15 is 0 Å². The maximum Gasteiger partial charge on any atom is 0.0753 e. The molecule has 0 bridgehead atoms. The summed E-state index contributed by atoms with van der Waals surface area (Å²) in [5, 5.41) is 8.67. The van der Waals surface area contributed by atoms with Crippen molar-refractivity contribution in [3.63, 3.8) is 0 Å². The quantitative estimate of drug-likeness (QED) is 0.756. The molecule has 1 aliphatic rings. The number of aliphatic hydroxyl groups is 1. The van der Waals surface area contributed by atoms with Crippen LogP contribution < -0.4 is 0 Å². The van der Waals surface area contributed by atoms with Gasteiger partial charge < -0.3 is 9.84 Å². The van der Waals surface area contributed by atoms with Crippen molar-refractivity contribution in [2.75, 3.05) is 32.8 Å². The maximum absolute atomic E-state index is 8.67. The minimum atomic E-state index is -0.00624. The summed E-state index contributed by atoms with van der Waals surface area (Å²) < 4.78 is 5.57. The maximum atomic E-state index is 8.67. The van der Waals surface area contributed by atoms with E-state index in [2.05, 4.69) is 18.7 Å². The number of morpholine rings is 1. The molecule has 1 saturated heterocycles. The van der Waals surface area contributed by atoms with Crippen molar-refractivity contribution in [2.45, 2.75) is 25.9 Å². The first-order valence-corrected chi connectivity index (χ1v) is 4.61. The summed E-state index contributed by atoms with van der Waals surface area (Å²) in [6.07, 6.45) is 0.871. The number of hydrogen-bond acceptors (Lipinski definition) is 3. The molecule has 1 N–H and O–H groups in total. The fourth-order valence-electron chi connectivity index (χ4n) is 1.60. The van der Waals surface area contributed by atoms with Gasteiger partial charge in [0.15, 0.2) is 0 Å². The molecule has 4 heteroatoms. The van der Waals surface area contributed by atoms with Crippen LogP contribution in [0.1, 0.15) is 20.3 Å². The van der Waals surface area contributed by atoms with Gasteiger partial charge in [-0.25, -0.2) is 0 Å². The van der Waals surface area contributed by atoms with Crippen LogP contribution in [-0.2, 0) is 23.3 Å². The van der Waals surface area contributed by atoms with E-state index in [0.29, 0.717) is 0 Å². The first kappa shape index (κ1) is 13.5. The molecule has 0 amide bonds. The summed E-state index contributed by atoms with van der Waals surface area (Å²) >= 11 is 0. The van der Waals surface area contributed by atoms with Crippen LogP contribution in [-0.4, -0.2) is 48.5 Å². The third-order valence-electron chi connectivity index (χ3n) is 2.14. The second-order valence-electron chi connectivity index (χ2n) is 3.96. The van der Waals surface area contributed by atoms with Crippen molar-refractivity contribution in [1.82, 2.24) is 4.90 Å². The van der Waals surface area contributed by atoms with Gasteiger partial charge >= 0.3 is 0 Å². The number of ether oxygens (including phenoxy) is 1. The van der Waals surface area contributed by atoms with Crippen LogP contribution in [0.3, 0.4) is 0 Å². The fraction of sp³-hybridized carbons (Fsp3) is 1.00. The summed E-state index contributed by atoms with van der Waals surface area (Å²) in [5.41, 5.74) is -0.00624. The van der Waals surface area contributed by atoms with Crippen LogP contribution in [0.2, 0.25) is 0 Å². The van der Waals surface area contributed by atoms with Gasteiger partial charge in [0, 0.05) is 44.8 Å². The predicted octanol–water partition coefficient (Wildman–Crippen LogP) is 0.477. The molecule has 0 aromatic heterocycles. The molecule has 1 radical (unpaired) electrons. The summed E-state index contributed by atoms with van der Waals surface area (Å²) in [5.74, 6) is 0. The van der Waals surface area contributed by atoms with Gasteiger partial charge in [0.25, 0.3) is 0 Å². The third-order valence-corrected chi connectivity index (χ3v) is 2.14.